The number of amides is 1. The highest BCUT2D eigenvalue weighted by Crippen LogP contribution is 2.04. The van der Waals surface area contributed by atoms with E-state index in [2.05, 4.69) is 5.32 Å². The zero-order chi connectivity index (χ0) is 10.3. The number of methoxy groups -OCH3 is 1. The number of rotatable bonds is 6. The Bertz CT molecular complexity index is 151. The van der Waals surface area contributed by atoms with Gasteiger partial charge in [0.2, 0.25) is 5.91 Å². The summed E-state index contributed by atoms with van der Waals surface area (Å²) in [5.74, 6) is 0.133. The van der Waals surface area contributed by atoms with Crippen molar-refractivity contribution in [3.63, 3.8) is 0 Å². The van der Waals surface area contributed by atoms with Crippen LogP contribution in [0.3, 0.4) is 0 Å². The second kappa shape index (κ2) is 6.86. The Balaban J connectivity index is 3.69. The summed E-state index contributed by atoms with van der Waals surface area (Å²) in [5.41, 5.74) is 5.70. The minimum atomic E-state index is -0.401. The van der Waals surface area contributed by atoms with E-state index in [0.29, 0.717) is 13.2 Å². The lowest BCUT2D eigenvalue weighted by Gasteiger charge is -2.17. The van der Waals surface area contributed by atoms with Crippen LogP contribution in [0.5, 0.6) is 0 Å². The smallest absolute Gasteiger partial charge is 0.237 e. The quantitative estimate of drug-likeness (QED) is 0.582. The average molecular weight is 188 g/mol. The van der Waals surface area contributed by atoms with Crippen molar-refractivity contribution >= 4 is 5.91 Å². The van der Waals surface area contributed by atoms with Gasteiger partial charge in [-0.15, -0.1) is 0 Å². The van der Waals surface area contributed by atoms with Gasteiger partial charge in [0.25, 0.3) is 0 Å². The van der Waals surface area contributed by atoms with Crippen LogP contribution in [0, 0.1) is 5.92 Å². The molecule has 0 aliphatic carbocycles. The van der Waals surface area contributed by atoms with Crippen molar-refractivity contribution in [1.82, 2.24) is 5.32 Å². The lowest BCUT2D eigenvalue weighted by molar-refractivity contribution is -0.123. The molecule has 13 heavy (non-hydrogen) atoms. The topological polar surface area (TPSA) is 64.4 Å². The van der Waals surface area contributed by atoms with Gasteiger partial charge in [-0.2, -0.15) is 0 Å². The van der Waals surface area contributed by atoms with Crippen molar-refractivity contribution in [2.75, 3.05) is 20.3 Å². The molecular weight excluding hydrogens is 168 g/mol. The SMILES string of the molecule is CC[C@H](C)[C@H](N)C(=O)NCCOC. The number of carbonyl (C=O) groups is 1. The lowest BCUT2D eigenvalue weighted by atomic mass is 9.99. The first-order valence-electron chi connectivity index (χ1n) is 4.65. The molecule has 0 bridgehead atoms. The Morgan fingerprint density at radius 3 is 2.69 bits per heavy atom. The Morgan fingerprint density at radius 2 is 2.23 bits per heavy atom. The highest BCUT2D eigenvalue weighted by atomic mass is 16.5. The Morgan fingerprint density at radius 1 is 1.62 bits per heavy atom. The first-order valence-corrected chi connectivity index (χ1v) is 4.65. The molecular formula is C9H20N2O2. The van der Waals surface area contributed by atoms with Crippen LogP contribution in [0.15, 0.2) is 0 Å². The van der Waals surface area contributed by atoms with Gasteiger partial charge in [0, 0.05) is 13.7 Å². The Kier molecular flexibility index (Phi) is 6.54. The number of nitrogens with one attached hydrogen (secondary N) is 1. The second-order valence-electron chi connectivity index (χ2n) is 3.20. The normalized spacial score (nSPS) is 15.1. The largest absolute Gasteiger partial charge is 0.383 e. The van der Waals surface area contributed by atoms with Gasteiger partial charge in [-0.1, -0.05) is 20.3 Å². The van der Waals surface area contributed by atoms with Crippen LogP contribution in [0.2, 0.25) is 0 Å². The van der Waals surface area contributed by atoms with E-state index in [-0.39, 0.29) is 11.8 Å². The van der Waals surface area contributed by atoms with Crippen LogP contribution >= 0.6 is 0 Å². The van der Waals surface area contributed by atoms with E-state index in [1.165, 1.54) is 0 Å². The molecule has 78 valence electrons. The minimum absolute atomic E-state index is 0.0913. The number of carbonyl (C=O) groups excluding carboxylic acids is 1. The predicted molar refractivity (Wildman–Crippen MR) is 52.3 cm³/mol. The van der Waals surface area contributed by atoms with Crippen molar-refractivity contribution in [1.29, 1.82) is 0 Å². The summed E-state index contributed by atoms with van der Waals surface area (Å²) < 4.78 is 4.80. The number of hydrogen-bond donors (Lipinski definition) is 2. The van der Waals surface area contributed by atoms with Gasteiger partial charge < -0.3 is 15.8 Å². The van der Waals surface area contributed by atoms with Gasteiger partial charge in [0.1, 0.15) is 0 Å². The van der Waals surface area contributed by atoms with Crippen LogP contribution in [0.4, 0.5) is 0 Å². The zero-order valence-electron chi connectivity index (χ0n) is 8.67. The van der Waals surface area contributed by atoms with Crippen molar-refractivity contribution < 1.29 is 9.53 Å². The minimum Gasteiger partial charge on any atom is -0.383 e. The summed E-state index contributed by atoms with van der Waals surface area (Å²) in [5, 5.41) is 2.71. The van der Waals surface area contributed by atoms with Crippen molar-refractivity contribution in [2.24, 2.45) is 11.7 Å². The zero-order valence-corrected chi connectivity index (χ0v) is 8.67. The fraction of sp³-hybridized carbons (Fsp3) is 0.889. The van der Waals surface area contributed by atoms with E-state index in [1.807, 2.05) is 13.8 Å². The maximum absolute atomic E-state index is 11.3. The fourth-order valence-electron chi connectivity index (χ4n) is 0.906. The number of ether oxygens (including phenoxy) is 1. The first-order chi connectivity index (χ1) is 6.13. The summed E-state index contributed by atoms with van der Waals surface area (Å²) in [6.07, 6.45) is 0.916. The standard InChI is InChI=1S/C9H20N2O2/c1-4-7(2)8(10)9(12)11-5-6-13-3/h7-8H,4-6,10H2,1-3H3,(H,11,12)/t7-,8-/m0/s1. The molecule has 3 N–H and O–H groups in total. The van der Waals surface area contributed by atoms with Crippen LogP contribution in [0.1, 0.15) is 20.3 Å². The number of nitrogens with two attached hydrogens (primary N) is 1. The highest BCUT2D eigenvalue weighted by molar-refractivity contribution is 5.81. The van der Waals surface area contributed by atoms with Crippen LogP contribution in [0.25, 0.3) is 0 Å². The molecule has 1 amide bonds. The van der Waals surface area contributed by atoms with Gasteiger partial charge in [-0.25, -0.2) is 0 Å². The molecule has 0 saturated heterocycles. The van der Waals surface area contributed by atoms with E-state index in [0.717, 1.165) is 6.42 Å². The maximum atomic E-state index is 11.3. The summed E-state index contributed by atoms with van der Waals surface area (Å²) in [6.45, 7) is 5.05. The van der Waals surface area contributed by atoms with E-state index >= 15 is 0 Å². The molecule has 0 aliphatic rings. The third kappa shape index (κ3) is 4.85. The molecule has 0 rings (SSSR count). The molecule has 0 aromatic carbocycles. The molecule has 0 spiro atoms. The number of hydrogen-bond acceptors (Lipinski definition) is 3. The van der Waals surface area contributed by atoms with E-state index < -0.39 is 6.04 Å². The first kappa shape index (κ1) is 12.4. The lowest BCUT2D eigenvalue weighted by Crippen LogP contribution is -2.45. The van der Waals surface area contributed by atoms with E-state index in [1.54, 1.807) is 7.11 Å². The maximum Gasteiger partial charge on any atom is 0.237 e. The molecule has 0 aromatic heterocycles. The summed E-state index contributed by atoms with van der Waals surface area (Å²) in [7, 11) is 1.60. The van der Waals surface area contributed by atoms with Crippen LogP contribution in [-0.2, 0) is 9.53 Å². The monoisotopic (exact) mass is 188 g/mol. The highest BCUT2D eigenvalue weighted by Gasteiger charge is 2.18. The van der Waals surface area contributed by atoms with Gasteiger partial charge in [0.15, 0.2) is 0 Å². The summed E-state index contributed by atoms with van der Waals surface area (Å²) in [6, 6.07) is -0.401. The third-order valence-electron chi connectivity index (χ3n) is 2.17. The molecule has 2 atom stereocenters. The molecule has 4 heteroatoms. The predicted octanol–water partition coefficient (Wildman–Crippen LogP) is 0.122. The summed E-state index contributed by atoms with van der Waals surface area (Å²) in [4.78, 5) is 11.3. The molecule has 0 aliphatic heterocycles. The van der Waals surface area contributed by atoms with Crippen molar-refractivity contribution in [3.8, 4) is 0 Å². The van der Waals surface area contributed by atoms with E-state index in [4.69, 9.17) is 10.5 Å². The fourth-order valence-corrected chi connectivity index (χ4v) is 0.906. The van der Waals surface area contributed by atoms with Gasteiger partial charge in [-0.05, 0) is 5.92 Å². The third-order valence-corrected chi connectivity index (χ3v) is 2.17. The van der Waals surface area contributed by atoms with Gasteiger partial charge >= 0.3 is 0 Å². The van der Waals surface area contributed by atoms with Gasteiger partial charge in [0.05, 0.1) is 12.6 Å². The second-order valence-corrected chi connectivity index (χ2v) is 3.20. The molecule has 0 aromatic rings. The van der Waals surface area contributed by atoms with Crippen molar-refractivity contribution in [3.05, 3.63) is 0 Å². The van der Waals surface area contributed by atoms with Crippen LogP contribution < -0.4 is 11.1 Å². The van der Waals surface area contributed by atoms with Crippen molar-refractivity contribution in [2.45, 2.75) is 26.3 Å². The molecule has 0 unspecified atom stereocenters. The van der Waals surface area contributed by atoms with Crippen LogP contribution in [-0.4, -0.2) is 32.2 Å². The Labute approximate surface area is 79.8 Å². The average Bonchev–Trinajstić information content (AvgIpc) is 2.15. The van der Waals surface area contributed by atoms with E-state index in [9.17, 15) is 4.79 Å². The molecule has 0 radical (unpaired) electrons. The Hall–Kier alpha value is -0.610. The molecule has 0 fully saturated rings. The molecule has 0 heterocycles. The summed E-state index contributed by atoms with van der Waals surface area (Å²) >= 11 is 0. The van der Waals surface area contributed by atoms with Gasteiger partial charge in [-0.3, -0.25) is 4.79 Å². The molecule has 4 nitrogen and oxygen atoms in total. The molecule has 0 saturated carbocycles.